The third-order valence-electron chi connectivity index (χ3n) is 31.3. The minimum atomic E-state index is -2.06. The predicted octanol–water partition coefficient (Wildman–Crippen LogP) is 8.51. The highest BCUT2D eigenvalue weighted by Gasteiger charge is 2.85. The lowest BCUT2D eigenvalue weighted by atomic mass is 9.35. The average molecular weight is 1320 g/mol. The lowest BCUT2D eigenvalue weighted by Gasteiger charge is -2.68. The first kappa shape index (κ1) is 62.8. The summed E-state index contributed by atoms with van der Waals surface area (Å²) >= 11 is 0. The zero-order valence-electron chi connectivity index (χ0n) is 55.0. The average Bonchev–Trinajstić information content (AvgIpc) is 1.42. The second-order valence-electron chi connectivity index (χ2n) is 34.5. The maximum Gasteiger partial charge on any atom is 0.235 e. The van der Waals surface area contributed by atoms with E-state index in [0.717, 1.165) is 60.5 Å². The molecule has 15 nitrogen and oxygen atoms in total. The Hall–Kier alpha value is -3.40. The standard InChI is InChI=1S/C77H98N2O13S2/c1-41(2)42(3)62-64(92-62)75(89)18-7-11-49-28-55-56-32-60(83)72(35-61(84)70(88,40-81)37-67(55,72)4)66(87)94-93-36-51-23-44-12-13-48-27-50-29-57(69-19-15-47-10-5-6-17-74(47,78-69)54-31-58-45(9-8-22-91-58)26-46(54)34-69)63(85)73(50)38-79(65(86)77(51,73)68(48,33-44)39-80)52-24-43(25-53(82)30-52)14-20-71(49)59(75)16-21-76(56,71)90/h7-9,11-13,15,19,24-27,30,32,41-42,44,46-47,49-51,54-55,57-59,61-64,66,78,80-82,84-85,87-90H,5-6,10,14,16-18,20-23,28-29,31,33-40H2,1-4H3. The summed E-state index contributed by atoms with van der Waals surface area (Å²) < 4.78 is 13.1. The number of carbonyl (C=O) groups is 2. The van der Waals surface area contributed by atoms with Crippen LogP contribution in [0.4, 0.5) is 5.69 Å². The maximum atomic E-state index is 17.6. The van der Waals surface area contributed by atoms with Gasteiger partial charge in [0.1, 0.15) is 28.5 Å². The van der Waals surface area contributed by atoms with E-state index in [2.05, 4.69) is 86.8 Å². The molecule has 8 aliphatic heterocycles. The number of hydrogen-bond acceptors (Lipinski definition) is 16. The fraction of sp³-hybridized carbons (Fsp3) is 0.714. The number of rotatable bonds is 6. The molecule has 20 rings (SSSR count). The van der Waals surface area contributed by atoms with E-state index in [0.29, 0.717) is 74.6 Å². The molecule has 11 aliphatic carbocycles. The summed E-state index contributed by atoms with van der Waals surface area (Å²) in [6.45, 7) is 8.00. The van der Waals surface area contributed by atoms with Crippen molar-refractivity contribution in [2.45, 2.75) is 201 Å². The summed E-state index contributed by atoms with van der Waals surface area (Å²) in [5, 5.41) is 122. The van der Waals surface area contributed by atoms with Crippen molar-refractivity contribution in [2.75, 3.05) is 37.0 Å². The van der Waals surface area contributed by atoms with Crippen molar-refractivity contribution < 1.29 is 65.0 Å². The number of aryl methyl sites for hydroxylation is 1. The van der Waals surface area contributed by atoms with E-state index in [9.17, 15) is 46.0 Å². The molecule has 0 aromatic heterocycles. The van der Waals surface area contributed by atoms with Crippen molar-refractivity contribution in [3.8, 4) is 5.75 Å². The van der Waals surface area contributed by atoms with Gasteiger partial charge in [-0.3, -0.25) is 9.59 Å². The van der Waals surface area contributed by atoms with E-state index < -0.39 is 115 Å². The molecule has 19 aliphatic rings. The van der Waals surface area contributed by atoms with Gasteiger partial charge < -0.3 is 65.6 Å². The van der Waals surface area contributed by atoms with Crippen LogP contribution < -0.4 is 10.2 Å². The number of allylic oxidation sites excluding steroid dienone is 6. The Kier molecular flexibility index (Phi) is 13.8. The molecule has 1 amide bonds. The number of phenolic OH excluding ortho intramolecular Hbond substituents is 1. The lowest BCUT2D eigenvalue weighted by molar-refractivity contribution is -0.235. The molecule has 3 saturated heterocycles. The van der Waals surface area contributed by atoms with Crippen molar-refractivity contribution in [2.24, 2.45) is 104 Å². The van der Waals surface area contributed by atoms with E-state index in [1.807, 2.05) is 17.9 Å². The van der Waals surface area contributed by atoms with Gasteiger partial charge in [0.15, 0.2) is 5.78 Å². The van der Waals surface area contributed by atoms with Gasteiger partial charge in [-0.25, -0.2) is 0 Å². The minimum absolute atomic E-state index is 0.0311. The Labute approximate surface area is 560 Å². The Morgan fingerprint density at radius 3 is 2.49 bits per heavy atom. The van der Waals surface area contributed by atoms with Crippen molar-refractivity contribution >= 4 is 39.0 Å². The molecule has 1 aromatic carbocycles. The summed E-state index contributed by atoms with van der Waals surface area (Å²) in [7, 11) is 2.53. The third kappa shape index (κ3) is 7.47. The second kappa shape index (κ2) is 20.6. The van der Waals surface area contributed by atoms with E-state index in [1.165, 1.54) is 16.4 Å². The topological polar surface area (TPSA) is 253 Å². The molecule has 12 bridgehead atoms. The number of benzene rings is 1. The highest BCUT2D eigenvalue weighted by molar-refractivity contribution is 8.76. The van der Waals surface area contributed by atoms with Gasteiger partial charge in [0.2, 0.25) is 5.91 Å². The van der Waals surface area contributed by atoms with Crippen LogP contribution in [0.3, 0.4) is 0 Å². The number of fused-ring (bicyclic) bond motifs is 5. The zero-order chi connectivity index (χ0) is 65.1. The number of nitrogens with one attached hydrogen (secondary N) is 1. The number of aliphatic hydroxyl groups excluding tert-OH is 5. The van der Waals surface area contributed by atoms with Gasteiger partial charge >= 0.3 is 0 Å². The second-order valence-corrected chi connectivity index (χ2v) is 37.0. The van der Waals surface area contributed by atoms with Gasteiger partial charge in [-0.15, -0.1) is 0 Å². The number of carbonyl (C=O) groups excluding carboxylic acids is 2. The summed E-state index contributed by atoms with van der Waals surface area (Å²) in [5.74, 6) is -1.97. The van der Waals surface area contributed by atoms with Crippen LogP contribution in [0.15, 0.2) is 102 Å². The van der Waals surface area contributed by atoms with E-state index in [4.69, 9.17) is 9.47 Å². The van der Waals surface area contributed by atoms with Crippen LogP contribution in [0.1, 0.15) is 136 Å². The number of ether oxygens (including phenoxy) is 2. The molecule has 0 radical (unpaired) electrons. The number of hydrogen-bond donors (Lipinski definition) is 10. The van der Waals surface area contributed by atoms with Crippen molar-refractivity contribution in [3.63, 3.8) is 0 Å². The van der Waals surface area contributed by atoms with Gasteiger partial charge in [-0.2, -0.15) is 0 Å². The molecular weight excluding hydrogens is 1220 g/mol. The SMILES string of the molecule is CC(C)C(C)C1OC1C1(O)CC=CC2CC3C4=CC(=O)C5(CC(O)C(O)(CO)CC35C)C(O)SSCC3CC5C=CC6=CC7CC(C89C=CC%10CCCCC%10(N8)C8CC%10OCC=CC%10=CC8C9)C(O)C78CN(C(=O)C38C6(CO)C5)c3cc(O)cc(c3)CCC23C1CCC43O. The number of aromatic hydroxyl groups is 1. The molecule has 9 fully saturated rings. The maximum absolute atomic E-state index is 17.6. The lowest BCUT2D eigenvalue weighted by Crippen LogP contribution is -2.76. The number of aliphatic hydroxyl groups is 8. The smallest absolute Gasteiger partial charge is 0.235 e. The summed E-state index contributed by atoms with van der Waals surface area (Å²) in [5.41, 5.74) is -11.7. The molecule has 17 heteroatoms. The van der Waals surface area contributed by atoms with Crippen LogP contribution in [0, 0.1) is 104 Å². The van der Waals surface area contributed by atoms with Crippen LogP contribution in [0.2, 0.25) is 0 Å². The van der Waals surface area contributed by atoms with Gasteiger partial charge in [0, 0.05) is 63.2 Å². The minimum Gasteiger partial charge on any atom is -0.508 e. The molecule has 8 heterocycles. The third-order valence-corrected chi connectivity index (χ3v) is 34.0. The Morgan fingerprint density at radius 1 is 0.840 bits per heavy atom. The zero-order valence-corrected chi connectivity index (χ0v) is 56.6. The number of ketones is 1. The fourth-order valence-electron chi connectivity index (χ4n) is 27.1. The number of piperidine rings is 1. The number of phenols is 1. The molecule has 506 valence electrons. The normalized spacial score (nSPS) is 53.8. The van der Waals surface area contributed by atoms with Crippen LogP contribution >= 0.6 is 21.6 Å². The number of epoxide rings is 1. The first-order valence-corrected chi connectivity index (χ1v) is 38.7. The molecule has 5 spiro atoms. The molecule has 1 aromatic rings. The van der Waals surface area contributed by atoms with Crippen LogP contribution in [0.25, 0.3) is 0 Å². The van der Waals surface area contributed by atoms with Gasteiger partial charge in [0.05, 0.1) is 60.7 Å². The number of amides is 1. The predicted molar refractivity (Wildman–Crippen MR) is 357 cm³/mol. The van der Waals surface area contributed by atoms with Crippen LogP contribution in [-0.4, -0.2) is 154 Å². The van der Waals surface area contributed by atoms with Gasteiger partial charge in [-0.1, -0.05) is 123 Å². The van der Waals surface area contributed by atoms with Gasteiger partial charge in [0.25, 0.3) is 0 Å². The monoisotopic (exact) mass is 1320 g/mol. The molecule has 28 unspecified atom stereocenters. The molecule has 94 heavy (non-hydrogen) atoms. The van der Waals surface area contributed by atoms with E-state index in [1.54, 1.807) is 18.2 Å². The molecular formula is C77H98N2O13S2. The largest absolute Gasteiger partial charge is 0.508 e. The number of anilines is 1. The van der Waals surface area contributed by atoms with Crippen molar-refractivity contribution in [1.29, 1.82) is 0 Å². The van der Waals surface area contributed by atoms with E-state index in [-0.39, 0.29) is 109 Å². The van der Waals surface area contributed by atoms with Crippen LogP contribution in [-0.2, 0) is 25.5 Å². The van der Waals surface area contributed by atoms with Crippen molar-refractivity contribution in [1.82, 2.24) is 5.32 Å². The summed E-state index contributed by atoms with van der Waals surface area (Å²) in [6.07, 6.45) is 30.0. The Bertz CT molecular complexity index is 3640. The molecule has 6 saturated carbocycles. The Morgan fingerprint density at radius 2 is 1.68 bits per heavy atom. The first-order valence-electron chi connectivity index (χ1n) is 36.3. The Balaban J connectivity index is 0.820. The quantitative estimate of drug-likeness (QED) is 0.0728. The number of nitrogens with zero attached hydrogens (tertiary/aromatic N) is 1. The highest BCUT2D eigenvalue weighted by Crippen LogP contribution is 2.81. The van der Waals surface area contributed by atoms with Crippen molar-refractivity contribution in [3.05, 3.63) is 107 Å². The summed E-state index contributed by atoms with van der Waals surface area (Å²) in [6, 6.07) is 5.46. The molecule has 10 N–H and O–H groups in total. The van der Waals surface area contributed by atoms with Gasteiger partial charge in [-0.05, 0) is 201 Å². The molecule has 28 atom stereocenters. The highest BCUT2D eigenvalue weighted by atomic mass is 33.1. The fourth-order valence-corrected chi connectivity index (χ4v) is 30.2. The van der Waals surface area contributed by atoms with E-state index >= 15 is 9.59 Å². The first-order chi connectivity index (χ1) is 44.9. The van der Waals surface area contributed by atoms with Crippen LogP contribution in [0.5, 0.6) is 5.75 Å². The summed E-state index contributed by atoms with van der Waals surface area (Å²) in [4.78, 5) is 35.7.